The molecule has 4 aromatic rings. The molecule has 0 aromatic heterocycles. The standard InChI is InChI=1S/C28H26IN3O5S2/c1-20-8-11-24(18-21(20)2)31-38(34,35)26-16-12-23(13-17-26)30-28(33)19-32(25-14-9-22(29)10-15-25)39(36,37)27-6-4-3-5-7-27/h3-18,31H,19H2,1-2H3,(H,30,33). The second kappa shape index (κ2) is 11.8. The number of amides is 1. The molecule has 2 N–H and O–H groups in total. The van der Waals surface area contributed by atoms with Crippen molar-refractivity contribution >= 4 is 65.6 Å². The van der Waals surface area contributed by atoms with Crippen molar-refractivity contribution < 1.29 is 21.6 Å². The van der Waals surface area contributed by atoms with Crippen LogP contribution in [0, 0.1) is 17.4 Å². The quantitative estimate of drug-likeness (QED) is 0.226. The molecule has 8 nitrogen and oxygen atoms in total. The first-order valence-corrected chi connectivity index (χ1v) is 15.8. The Kier molecular flexibility index (Phi) is 8.62. The Morgan fingerprint density at radius 3 is 1.97 bits per heavy atom. The number of benzene rings is 4. The number of nitrogens with zero attached hydrogens (tertiary/aromatic N) is 1. The Balaban J connectivity index is 1.51. The minimum atomic E-state index is -4.03. The molecule has 0 saturated heterocycles. The molecule has 4 aromatic carbocycles. The smallest absolute Gasteiger partial charge is 0.264 e. The number of hydrogen-bond acceptors (Lipinski definition) is 5. The largest absolute Gasteiger partial charge is 0.325 e. The molecule has 0 bridgehead atoms. The van der Waals surface area contributed by atoms with Crippen LogP contribution in [0.1, 0.15) is 11.1 Å². The average molecular weight is 676 g/mol. The van der Waals surface area contributed by atoms with Gasteiger partial charge in [0, 0.05) is 14.9 Å². The van der Waals surface area contributed by atoms with E-state index in [1.54, 1.807) is 54.6 Å². The predicted octanol–water partition coefficient (Wildman–Crippen LogP) is 5.54. The van der Waals surface area contributed by atoms with Gasteiger partial charge in [-0.2, -0.15) is 0 Å². The van der Waals surface area contributed by atoms with Crippen molar-refractivity contribution in [2.45, 2.75) is 23.6 Å². The van der Waals surface area contributed by atoms with Crippen molar-refractivity contribution in [1.82, 2.24) is 0 Å². The summed E-state index contributed by atoms with van der Waals surface area (Å²) in [4.78, 5) is 13.1. The molecular weight excluding hydrogens is 649 g/mol. The molecule has 1 amide bonds. The minimum Gasteiger partial charge on any atom is -0.325 e. The third kappa shape index (κ3) is 6.97. The fourth-order valence-electron chi connectivity index (χ4n) is 3.71. The SMILES string of the molecule is Cc1ccc(NS(=O)(=O)c2ccc(NC(=O)CN(c3ccc(I)cc3)S(=O)(=O)c3ccccc3)cc2)cc1C. The highest BCUT2D eigenvalue weighted by atomic mass is 127. The summed E-state index contributed by atoms with van der Waals surface area (Å²) in [5.74, 6) is -0.586. The number of nitrogens with one attached hydrogen (secondary N) is 2. The van der Waals surface area contributed by atoms with Crippen LogP contribution in [0.5, 0.6) is 0 Å². The molecule has 0 aliphatic carbocycles. The van der Waals surface area contributed by atoms with Gasteiger partial charge in [-0.25, -0.2) is 16.8 Å². The van der Waals surface area contributed by atoms with E-state index in [4.69, 9.17) is 0 Å². The van der Waals surface area contributed by atoms with Crippen molar-refractivity contribution in [2.24, 2.45) is 0 Å². The van der Waals surface area contributed by atoms with Crippen LogP contribution in [-0.2, 0) is 24.8 Å². The van der Waals surface area contributed by atoms with Crippen LogP contribution in [0.2, 0.25) is 0 Å². The molecule has 0 saturated carbocycles. The number of aryl methyl sites for hydroxylation is 2. The summed E-state index contributed by atoms with van der Waals surface area (Å²) < 4.78 is 57.0. The number of sulfonamides is 2. The summed E-state index contributed by atoms with van der Waals surface area (Å²) in [5.41, 5.74) is 3.13. The van der Waals surface area contributed by atoms with Gasteiger partial charge in [0.1, 0.15) is 6.54 Å². The Hall–Kier alpha value is -3.42. The number of carbonyl (C=O) groups is 1. The van der Waals surface area contributed by atoms with Crippen molar-refractivity contribution in [2.75, 3.05) is 20.9 Å². The lowest BCUT2D eigenvalue weighted by Crippen LogP contribution is -2.38. The number of anilines is 3. The van der Waals surface area contributed by atoms with Gasteiger partial charge in [-0.1, -0.05) is 24.3 Å². The number of rotatable bonds is 9. The fraction of sp³-hybridized carbons (Fsp3) is 0.107. The molecule has 0 fully saturated rings. The third-order valence-electron chi connectivity index (χ3n) is 5.94. The van der Waals surface area contributed by atoms with E-state index in [-0.39, 0.29) is 9.79 Å². The van der Waals surface area contributed by atoms with Crippen LogP contribution in [0.15, 0.2) is 107 Å². The van der Waals surface area contributed by atoms with Crippen LogP contribution >= 0.6 is 22.6 Å². The maximum absolute atomic E-state index is 13.4. The van der Waals surface area contributed by atoms with Gasteiger partial charge < -0.3 is 5.32 Å². The van der Waals surface area contributed by atoms with Crippen molar-refractivity contribution in [3.63, 3.8) is 0 Å². The van der Waals surface area contributed by atoms with E-state index in [1.807, 2.05) is 19.9 Å². The lowest BCUT2D eigenvalue weighted by Gasteiger charge is -2.24. The van der Waals surface area contributed by atoms with Crippen LogP contribution in [0.4, 0.5) is 17.1 Å². The van der Waals surface area contributed by atoms with Crippen molar-refractivity contribution in [3.8, 4) is 0 Å². The van der Waals surface area contributed by atoms with Gasteiger partial charge in [-0.15, -0.1) is 0 Å². The molecule has 202 valence electrons. The molecule has 0 unspecified atom stereocenters. The molecule has 0 heterocycles. The predicted molar refractivity (Wildman–Crippen MR) is 162 cm³/mol. The zero-order valence-electron chi connectivity index (χ0n) is 21.1. The Morgan fingerprint density at radius 2 is 1.36 bits per heavy atom. The molecule has 39 heavy (non-hydrogen) atoms. The van der Waals surface area contributed by atoms with Gasteiger partial charge in [-0.3, -0.25) is 13.8 Å². The molecule has 11 heteroatoms. The monoisotopic (exact) mass is 675 g/mol. The van der Waals surface area contributed by atoms with Gasteiger partial charge in [0.2, 0.25) is 5.91 Å². The first kappa shape index (κ1) is 28.6. The van der Waals surface area contributed by atoms with Crippen LogP contribution in [0.3, 0.4) is 0 Å². The first-order chi connectivity index (χ1) is 18.5. The van der Waals surface area contributed by atoms with Crippen molar-refractivity contribution in [3.05, 3.63) is 112 Å². The zero-order valence-corrected chi connectivity index (χ0v) is 24.9. The maximum Gasteiger partial charge on any atom is 0.264 e. The highest BCUT2D eigenvalue weighted by Gasteiger charge is 2.27. The van der Waals surface area contributed by atoms with E-state index in [0.29, 0.717) is 17.1 Å². The highest BCUT2D eigenvalue weighted by molar-refractivity contribution is 14.1. The van der Waals surface area contributed by atoms with Gasteiger partial charge in [0.25, 0.3) is 20.0 Å². The summed E-state index contributed by atoms with van der Waals surface area (Å²) in [6, 6.07) is 25.6. The van der Waals surface area contributed by atoms with E-state index >= 15 is 0 Å². The van der Waals surface area contributed by atoms with Gasteiger partial charge in [-0.05, 0) is 120 Å². The summed E-state index contributed by atoms with van der Waals surface area (Å²) in [5, 5.41) is 2.66. The lowest BCUT2D eigenvalue weighted by atomic mass is 10.1. The molecule has 0 radical (unpaired) electrons. The van der Waals surface area contributed by atoms with Gasteiger partial charge in [0.15, 0.2) is 0 Å². The second-order valence-electron chi connectivity index (χ2n) is 8.78. The molecular formula is C28H26IN3O5S2. The van der Waals surface area contributed by atoms with Crippen LogP contribution in [0.25, 0.3) is 0 Å². The Morgan fingerprint density at radius 1 is 0.744 bits per heavy atom. The van der Waals surface area contributed by atoms with E-state index in [1.165, 1.54) is 36.4 Å². The normalized spacial score (nSPS) is 11.6. The number of halogens is 1. The van der Waals surface area contributed by atoms with Crippen molar-refractivity contribution in [1.29, 1.82) is 0 Å². The topological polar surface area (TPSA) is 113 Å². The van der Waals surface area contributed by atoms with E-state index in [9.17, 15) is 21.6 Å². The molecule has 0 spiro atoms. The van der Waals surface area contributed by atoms with E-state index in [2.05, 4.69) is 32.6 Å². The number of hydrogen-bond donors (Lipinski definition) is 2. The van der Waals surface area contributed by atoms with E-state index < -0.39 is 32.5 Å². The molecule has 4 rings (SSSR count). The minimum absolute atomic E-state index is 0.0193. The van der Waals surface area contributed by atoms with Crippen LogP contribution < -0.4 is 14.3 Å². The maximum atomic E-state index is 13.4. The number of carbonyl (C=O) groups excluding carboxylic acids is 1. The lowest BCUT2D eigenvalue weighted by molar-refractivity contribution is -0.114. The zero-order chi connectivity index (χ0) is 28.2. The summed E-state index contributed by atoms with van der Waals surface area (Å²) in [7, 11) is -7.88. The molecule has 0 atom stereocenters. The summed E-state index contributed by atoms with van der Waals surface area (Å²) in [6.45, 7) is 3.36. The van der Waals surface area contributed by atoms with E-state index in [0.717, 1.165) is 19.0 Å². The third-order valence-corrected chi connectivity index (χ3v) is 9.84. The second-order valence-corrected chi connectivity index (χ2v) is 13.6. The summed E-state index contributed by atoms with van der Waals surface area (Å²) in [6.07, 6.45) is 0. The van der Waals surface area contributed by atoms with Gasteiger partial charge >= 0.3 is 0 Å². The van der Waals surface area contributed by atoms with Gasteiger partial charge in [0.05, 0.1) is 15.5 Å². The average Bonchev–Trinajstić information content (AvgIpc) is 2.90. The summed E-state index contributed by atoms with van der Waals surface area (Å²) >= 11 is 2.11. The van der Waals surface area contributed by atoms with Crippen LogP contribution in [-0.4, -0.2) is 29.3 Å². The highest BCUT2D eigenvalue weighted by Crippen LogP contribution is 2.25. The molecule has 0 aliphatic heterocycles. The first-order valence-electron chi connectivity index (χ1n) is 11.8. The Labute approximate surface area is 242 Å². The molecule has 0 aliphatic rings. The Bertz CT molecular complexity index is 1690. The fourth-order valence-corrected chi connectivity index (χ4v) is 6.56.